The maximum absolute atomic E-state index is 11.9. The quantitative estimate of drug-likeness (QED) is 0.690. The average Bonchev–Trinajstić information content (AvgIpc) is 2.47. The molecule has 0 spiro atoms. The van der Waals surface area contributed by atoms with Gasteiger partial charge in [-0.3, -0.25) is 0 Å². The first kappa shape index (κ1) is 17.6. The lowest BCUT2D eigenvalue weighted by Crippen LogP contribution is -2.38. The van der Waals surface area contributed by atoms with Gasteiger partial charge in [-0.1, -0.05) is 25.1 Å². The van der Waals surface area contributed by atoms with Crippen LogP contribution in [0.25, 0.3) is 0 Å². The molecule has 2 unspecified atom stereocenters. The maximum Gasteiger partial charge on any atom is 0.315 e. The van der Waals surface area contributed by atoms with Gasteiger partial charge in [0, 0.05) is 18.7 Å². The molecule has 3 N–H and O–H groups in total. The molecule has 1 saturated carbocycles. The van der Waals surface area contributed by atoms with Crippen molar-refractivity contribution >= 4 is 6.03 Å². The summed E-state index contributed by atoms with van der Waals surface area (Å²) in [6, 6.07) is 7.64. The first-order valence-corrected chi connectivity index (χ1v) is 8.49. The van der Waals surface area contributed by atoms with Crippen LogP contribution in [-0.2, 0) is 6.54 Å². The molecule has 0 heterocycles. The van der Waals surface area contributed by atoms with Gasteiger partial charge < -0.3 is 20.5 Å². The predicted molar refractivity (Wildman–Crippen MR) is 90.4 cm³/mol. The van der Waals surface area contributed by atoms with Crippen LogP contribution in [0.3, 0.4) is 0 Å². The second-order valence-corrected chi connectivity index (χ2v) is 6.53. The summed E-state index contributed by atoms with van der Waals surface area (Å²) in [4.78, 5) is 11.9. The first-order valence-electron chi connectivity index (χ1n) is 8.49. The van der Waals surface area contributed by atoms with Crippen molar-refractivity contribution in [3.8, 4) is 5.75 Å². The fraction of sp³-hybridized carbons (Fsp3) is 0.611. The van der Waals surface area contributed by atoms with Crippen molar-refractivity contribution in [3.63, 3.8) is 0 Å². The molecule has 5 heteroatoms. The predicted octanol–water partition coefficient (Wildman–Crippen LogP) is 2.82. The summed E-state index contributed by atoms with van der Waals surface area (Å²) in [7, 11) is 0. The summed E-state index contributed by atoms with van der Waals surface area (Å²) in [5.74, 6) is 1.11. The van der Waals surface area contributed by atoms with Gasteiger partial charge in [-0.15, -0.1) is 0 Å². The zero-order chi connectivity index (χ0) is 16.7. The van der Waals surface area contributed by atoms with Gasteiger partial charge in [-0.2, -0.15) is 0 Å². The van der Waals surface area contributed by atoms with E-state index >= 15 is 0 Å². The molecule has 5 nitrogen and oxygen atoms in total. The normalized spacial score (nSPS) is 17.0. The second-order valence-electron chi connectivity index (χ2n) is 6.53. The fourth-order valence-electron chi connectivity index (χ4n) is 2.60. The Kier molecular flexibility index (Phi) is 6.71. The maximum atomic E-state index is 11.9. The Bertz CT molecular complexity index is 501. The van der Waals surface area contributed by atoms with Gasteiger partial charge in [0.15, 0.2) is 0 Å². The summed E-state index contributed by atoms with van der Waals surface area (Å²) in [6.45, 7) is 4.76. The Morgan fingerprint density at radius 3 is 2.70 bits per heavy atom. The third kappa shape index (κ3) is 6.10. The van der Waals surface area contributed by atoms with E-state index in [0.29, 0.717) is 25.6 Å². The number of ether oxygens (including phenoxy) is 1. The van der Waals surface area contributed by atoms with Crippen molar-refractivity contribution in [2.75, 3.05) is 6.54 Å². The van der Waals surface area contributed by atoms with Crippen LogP contribution < -0.4 is 15.4 Å². The Balaban J connectivity index is 1.75. The van der Waals surface area contributed by atoms with Crippen LogP contribution in [0.4, 0.5) is 4.79 Å². The zero-order valence-electron chi connectivity index (χ0n) is 14.0. The van der Waals surface area contributed by atoms with Crippen molar-refractivity contribution in [3.05, 3.63) is 29.8 Å². The van der Waals surface area contributed by atoms with Gasteiger partial charge >= 0.3 is 6.03 Å². The molecule has 1 fully saturated rings. The molecular weight excluding hydrogens is 292 g/mol. The van der Waals surface area contributed by atoms with E-state index in [0.717, 1.165) is 24.2 Å². The number of carbonyl (C=O) groups excluding carboxylic acids is 1. The van der Waals surface area contributed by atoms with Crippen LogP contribution >= 0.6 is 0 Å². The van der Waals surface area contributed by atoms with Crippen molar-refractivity contribution in [1.29, 1.82) is 0 Å². The summed E-state index contributed by atoms with van der Waals surface area (Å²) < 4.78 is 5.96. The van der Waals surface area contributed by atoms with Crippen LogP contribution in [-0.4, -0.2) is 29.9 Å². The lowest BCUT2D eigenvalue weighted by atomic mass is 9.96. The van der Waals surface area contributed by atoms with Gasteiger partial charge in [0.1, 0.15) is 5.75 Å². The van der Waals surface area contributed by atoms with Gasteiger partial charge in [-0.05, 0) is 44.6 Å². The van der Waals surface area contributed by atoms with Gasteiger partial charge in [0.2, 0.25) is 0 Å². The zero-order valence-corrected chi connectivity index (χ0v) is 14.0. The Morgan fingerprint density at radius 1 is 1.30 bits per heavy atom. The summed E-state index contributed by atoms with van der Waals surface area (Å²) in [5.41, 5.74) is 0.992. The average molecular weight is 320 g/mol. The van der Waals surface area contributed by atoms with E-state index in [4.69, 9.17) is 4.74 Å². The number of benzene rings is 1. The molecule has 1 aromatic carbocycles. The molecular formula is C18H28N2O3. The van der Waals surface area contributed by atoms with Gasteiger partial charge in [0.05, 0.1) is 12.2 Å². The number of para-hydroxylation sites is 1. The van der Waals surface area contributed by atoms with E-state index in [9.17, 15) is 9.90 Å². The van der Waals surface area contributed by atoms with Crippen LogP contribution in [0, 0.1) is 5.92 Å². The number of nitrogens with one attached hydrogen (secondary N) is 2. The summed E-state index contributed by atoms with van der Waals surface area (Å²) in [6.07, 6.45) is 4.13. The lowest BCUT2D eigenvalue weighted by Gasteiger charge is -2.27. The number of urea groups is 1. The van der Waals surface area contributed by atoms with Crippen molar-refractivity contribution < 1.29 is 14.6 Å². The number of aliphatic hydroxyl groups is 1. The van der Waals surface area contributed by atoms with E-state index in [1.54, 1.807) is 6.92 Å². The SMILES string of the molecule is CC(O)CC(C)CNC(=O)NCc1ccccc1OC1CCC1. The number of carbonyl (C=O) groups is 1. The summed E-state index contributed by atoms with van der Waals surface area (Å²) >= 11 is 0. The minimum atomic E-state index is -0.342. The number of amides is 2. The molecule has 0 bridgehead atoms. The monoisotopic (exact) mass is 320 g/mol. The van der Waals surface area contributed by atoms with Gasteiger partial charge in [0.25, 0.3) is 0 Å². The van der Waals surface area contributed by atoms with Crippen molar-refractivity contribution in [1.82, 2.24) is 10.6 Å². The van der Waals surface area contributed by atoms with Crippen LogP contribution in [0.15, 0.2) is 24.3 Å². The largest absolute Gasteiger partial charge is 0.490 e. The highest BCUT2D eigenvalue weighted by atomic mass is 16.5. The molecule has 1 aliphatic rings. The standard InChI is InChI=1S/C18H28N2O3/c1-13(10-14(2)21)11-19-18(22)20-12-15-6-3-4-9-17(15)23-16-7-5-8-16/h3-4,6,9,13-14,16,21H,5,7-8,10-12H2,1-2H3,(H2,19,20,22). The third-order valence-electron chi connectivity index (χ3n) is 4.11. The molecule has 1 aliphatic carbocycles. The van der Waals surface area contributed by atoms with E-state index in [-0.39, 0.29) is 18.1 Å². The molecule has 2 atom stereocenters. The number of aliphatic hydroxyl groups excluding tert-OH is 1. The molecule has 0 saturated heterocycles. The van der Waals surface area contributed by atoms with Crippen LogP contribution in [0.2, 0.25) is 0 Å². The molecule has 1 aromatic rings. The van der Waals surface area contributed by atoms with Crippen molar-refractivity contribution in [2.24, 2.45) is 5.92 Å². The molecule has 2 amide bonds. The number of rotatable bonds is 8. The van der Waals surface area contributed by atoms with Crippen molar-refractivity contribution in [2.45, 2.75) is 58.3 Å². The minimum Gasteiger partial charge on any atom is -0.490 e. The topological polar surface area (TPSA) is 70.6 Å². The van der Waals surface area contributed by atoms with E-state index in [2.05, 4.69) is 10.6 Å². The fourth-order valence-corrected chi connectivity index (χ4v) is 2.60. The van der Waals surface area contributed by atoms with Crippen LogP contribution in [0.5, 0.6) is 5.75 Å². The molecule has 0 aromatic heterocycles. The lowest BCUT2D eigenvalue weighted by molar-refractivity contribution is 0.119. The van der Waals surface area contributed by atoms with E-state index in [1.165, 1.54) is 6.42 Å². The first-order chi connectivity index (χ1) is 11.0. The smallest absolute Gasteiger partial charge is 0.315 e. The Morgan fingerprint density at radius 2 is 2.04 bits per heavy atom. The highest BCUT2D eigenvalue weighted by Crippen LogP contribution is 2.27. The molecule has 23 heavy (non-hydrogen) atoms. The third-order valence-corrected chi connectivity index (χ3v) is 4.11. The molecule has 2 rings (SSSR count). The Hall–Kier alpha value is -1.75. The molecule has 0 radical (unpaired) electrons. The Labute approximate surface area is 138 Å². The van der Waals surface area contributed by atoms with Crippen LogP contribution in [0.1, 0.15) is 45.1 Å². The molecule has 0 aliphatic heterocycles. The highest BCUT2D eigenvalue weighted by molar-refractivity contribution is 5.73. The van der Waals surface area contributed by atoms with E-state index in [1.807, 2.05) is 31.2 Å². The van der Waals surface area contributed by atoms with Gasteiger partial charge in [-0.25, -0.2) is 4.79 Å². The summed E-state index contributed by atoms with van der Waals surface area (Å²) in [5, 5.41) is 15.0. The number of hydrogen-bond donors (Lipinski definition) is 3. The highest BCUT2D eigenvalue weighted by Gasteiger charge is 2.20. The minimum absolute atomic E-state index is 0.194. The number of hydrogen-bond acceptors (Lipinski definition) is 3. The molecule has 128 valence electrons. The van der Waals surface area contributed by atoms with E-state index < -0.39 is 0 Å². The second kappa shape index (κ2) is 8.77.